The molecule has 162 valence electrons. The zero-order chi connectivity index (χ0) is 22.8. The quantitative estimate of drug-likeness (QED) is 0.468. The minimum atomic E-state index is -0.652. The lowest BCUT2D eigenvalue weighted by atomic mass is 10.0. The molecule has 4 nitrogen and oxygen atoms in total. The van der Waals surface area contributed by atoms with E-state index in [1.165, 1.54) is 36.4 Å². The predicted molar refractivity (Wildman–Crippen MR) is 120 cm³/mol. The second-order valence-corrected chi connectivity index (χ2v) is 7.68. The van der Waals surface area contributed by atoms with Gasteiger partial charge in [0.25, 0.3) is 11.8 Å². The number of anilines is 1. The van der Waals surface area contributed by atoms with Gasteiger partial charge >= 0.3 is 0 Å². The van der Waals surface area contributed by atoms with Crippen LogP contribution >= 0.6 is 11.6 Å². The fraction of sp³-hybridized carbons (Fsp3) is 0.120. The Balaban J connectivity index is 1.83. The van der Waals surface area contributed by atoms with E-state index < -0.39 is 23.4 Å². The van der Waals surface area contributed by atoms with E-state index in [0.29, 0.717) is 18.7 Å². The van der Waals surface area contributed by atoms with Crippen LogP contribution in [0.5, 0.6) is 0 Å². The van der Waals surface area contributed by atoms with Crippen LogP contribution in [-0.2, 0) is 16.1 Å². The fourth-order valence-electron chi connectivity index (χ4n) is 3.70. The molecule has 3 aromatic rings. The first kappa shape index (κ1) is 21.7. The predicted octanol–water partition coefficient (Wildman–Crippen LogP) is 5.42. The number of rotatable bonds is 6. The number of carbonyl (C=O) groups excluding carboxylic acids is 2. The molecule has 0 aromatic heterocycles. The Labute approximate surface area is 189 Å². The van der Waals surface area contributed by atoms with Crippen LogP contribution in [-0.4, -0.2) is 23.3 Å². The van der Waals surface area contributed by atoms with Gasteiger partial charge in [0, 0.05) is 13.1 Å². The molecule has 0 N–H and O–H groups in total. The average Bonchev–Trinajstić information content (AvgIpc) is 3.05. The molecular weight excluding hydrogens is 434 g/mol. The molecule has 1 aliphatic heterocycles. The standard InChI is InChI=1S/C25H19ClF2N2O2/c1-2-29(15-16-6-4-3-5-7-16)23-22(17-8-10-18(27)11-9-17)24(31)30(25(23)32)19-12-13-21(28)20(26)14-19/h3-14H,2,15H2,1H3. The van der Waals surface area contributed by atoms with Crippen LogP contribution in [0.15, 0.2) is 78.5 Å². The van der Waals surface area contributed by atoms with Gasteiger partial charge < -0.3 is 4.90 Å². The first-order valence-corrected chi connectivity index (χ1v) is 10.4. The number of nitrogens with zero attached hydrogens (tertiary/aromatic N) is 2. The van der Waals surface area contributed by atoms with E-state index in [9.17, 15) is 18.4 Å². The van der Waals surface area contributed by atoms with Crippen LogP contribution in [0.3, 0.4) is 0 Å². The largest absolute Gasteiger partial charge is 0.362 e. The van der Waals surface area contributed by atoms with E-state index >= 15 is 0 Å². The maximum atomic E-state index is 13.7. The van der Waals surface area contributed by atoms with Crippen LogP contribution in [0.25, 0.3) is 5.57 Å². The number of halogens is 3. The molecule has 0 saturated carbocycles. The van der Waals surface area contributed by atoms with Crippen LogP contribution in [0.4, 0.5) is 14.5 Å². The highest BCUT2D eigenvalue weighted by atomic mass is 35.5. The van der Waals surface area contributed by atoms with Gasteiger partial charge in [0.2, 0.25) is 0 Å². The van der Waals surface area contributed by atoms with Crippen molar-refractivity contribution in [2.45, 2.75) is 13.5 Å². The van der Waals surface area contributed by atoms with E-state index in [1.807, 2.05) is 37.3 Å². The van der Waals surface area contributed by atoms with Gasteiger partial charge in [0.1, 0.15) is 17.3 Å². The van der Waals surface area contributed by atoms with E-state index in [-0.39, 0.29) is 22.0 Å². The molecule has 0 unspecified atom stereocenters. The van der Waals surface area contributed by atoms with Crippen molar-refractivity contribution < 1.29 is 18.4 Å². The molecule has 0 bridgehead atoms. The molecule has 0 atom stereocenters. The Kier molecular flexibility index (Phi) is 6.06. The summed E-state index contributed by atoms with van der Waals surface area (Å²) in [6.45, 7) is 2.73. The number of imide groups is 1. The van der Waals surface area contributed by atoms with Crippen molar-refractivity contribution >= 4 is 34.7 Å². The monoisotopic (exact) mass is 452 g/mol. The summed E-state index contributed by atoms with van der Waals surface area (Å²) < 4.78 is 27.2. The van der Waals surface area contributed by atoms with E-state index in [4.69, 9.17) is 11.6 Å². The maximum Gasteiger partial charge on any atom is 0.282 e. The van der Waals surface area contributed by atoms with Gasteiger partial charge in [-0.2, -0.15) is 0 Å². The summed E-state index contributed by atoms with van der Waals surface area (Å²) in [5.41, 5.74) is 1.91. The molecule has 3 aromatic carbocycles. The normalized spacial score (nSPS) is 13.8. The summed E-state index contributed by atoms with van der Waals surface area (Å²) in [6.07, 6.45) is 0. The zero-order valence-electron chi connectivity index (χ0n) is 17.2. The lowest BCUT2D eigenvalue weighted by molar-refractivity contribution is -0.120. The molecule has 0 radical (unpaired) electrons. The van der Waals surface area contributed by atoms with Gasteiger partial charge in [-0.15, -0.1) is 0 Å². The molecule has 0 aliphatic carbocycles. The fourth-order valence-corrected chi connectivity index (χ4v) is 3.87. The molecule has 7 heteroatoms. The van der Waals surface area contributed by atoms with Crippen molar-refractivity contribution in [3.63, 3.8) is 0 Å². The molecule has 4 rings (SSSR count). The van der Waals surface area contributed by atoms with Gasteiger partial charge in [0.15, 0.2) is 0 Å². The smallest absolute Gasteiger partial charge is 0.282 e. The van der Waals surface area contributed by atoms with Gasteiger partial charge in [-0.3, -0.25) is 9.59 Å². The summed E-state index contributed by atoms with van der Waals surface area (Å²) in [7, 11) is 0. The van der Waals surface area contributed by atoms with Crippen molar-refractivity contribution in [1.82, 2.24) is 4.90 Å². The summed E-state index contributed by atoms with van der Waals surface area (Å²) in [5.74, 6) is -2.23. The number of hydrogen-bond donors (Lipinski definition) is 0. The molecule has 0 spiro atoms. The van der Waals surface area contributed by atoms with Crippen LogP contribution < -0.4 is 4.90 Å². The first-order chi connectivity index (χ1) is 15.4. The maximum absolute atomic E-state index is 13.7. The number of hydrogen-bond acceptors (Lipinski definition) is 3. The lowest BCUT2D eigenvalue weighted by Crippen LogP contribution is -2.35. The van der Waals surface area contributed by atoms with Crippen molar-refractivity contribution in [1.29, 1.82) is 0 Å². The SMILES string of the molecule is CCN(Cc1ccccc1)C1=C(c2ccc(F)cc2)C(=O)N(c2ccc(F)c(Cl)c2)C1=O. The Morgan fingerprint density at radius 3 is 2.22 bits per heavy atom. The van der Waals surface area contributed by atoms with E-state index in [1.54, 1.807) is 4.90 Å². The van der Waals surface area contributed by atoms with Crippen molar-refractivity contribution in [3.8, 4) is 0 Å². The number of likely N-dealkylation sites (N-methyl/N-ethyl adjacent to an activating group) is 1. The van der Waals surface area contributed by atoms with Gasteiger partial charge in [-0.05, 0) is 48.4 Å². The Morgan fingerprint density at radius 2 is 1.59 bits per heavy atom. The number of benzene rings is 3. The minimum absolute atomic E-state index is 0.160. The van der Waals surface area contributed by atoms with Gasteiger partial charge in [-0.25, -0.2) is 13.7 Å². The third kappa shape index (κ3) is 4.01. The lowest BCUT2D eigenvalue weighted by Gasteiger charge is -2.25. The molecule has 2 amide bonds. The molecular formula is C25H19ClF2N2O2. The summed E-state index contributed by atoms with van der Waals surface area (Å²) in [5, 5.41) is -0.198. The van der Waals surface area contributed by atoms with Crippen LogP contribution in [0, 0.1) is 11.6 Å². The van der Waals surface area contributed by atoms with Crippen molar-refractivity contribution in [2.24, 2.45) is 0 Å². The average molecular weight is 453 g/mol. The number of carbonyl (C=O) groups is 2. The van der Waals surface area contributed by atoms with Crippen LogP contribution in [0.1, 0.15) is 18.1 Å². The van der Waals surface area contributed by atoms with E-state index in [0.717, 1.165) is 16.5 Å². The van der Waals surface area contributed by atoms with Crippen LogP contribution in [0.2, 0.25) is 5.02 Å². The van der Waals surface area contributed by atoms with Crippen molar-refractivity contribution in [2.75, 3.05) is 11.4 Å². The topological polar surface area (TPSA) is 40.6 Å². The highest BCUT2D eigenvalue weighted by molar-refractivity contribution is 6.45. The Morgan fingerprint density at radius 1 is 0.906 bits per heavy atom. The molecule has 1 aliphatic rings. The summed E-state index contributed by atoms with van der Waals surface area (Å²) in [4.78, 5) is 29.8. The third-order valence-electron chi connectivity index (χ3n) is 5.27. The second-order valence-electron chi connectivity index (χ2n) is 7.27. The highest BCUT2D eigenvalue weighted by Gasteiger charge is 2.42. The zero-order valence-corrected chi connectivity index (χ0v) is 17.9. The van der Waals surface area contributed by atoms with Gasteiger partial charge in [0.05, 0.1) is 16.3 Å². The molecule has 1 heterocycles. The number of amides is 2. The first-order valence-electron chi connectivity index (χ1n) is 10.0. The minimum Gasteiger partial charge on any atom is -0.362 e. The van der Waals surface area contributed by atoms with E-state index in [2.05, 4.69) is 0 Å². The highest BCUT2D eigenvalue weighted by Crippen LogP contribution is 2.36. The molecule has 0 saturated heterocycles. The summed E-state index contributed by atoms with van der Waals surface area (Å²) in [6, 6.07) is 18.6. The Bertz CT molecular complexity index is 1210. The third-order valence-corrected chi connectivity index (χ3v) is 5.56. The second kappa shape index (κ2) is 8.93. The van der Waals surface area contributed by atoms with Crippen molar-refractivity contribution in [3.05, 3.63) is 106 Å². The molecule has 32 heavy (non-hydrogen) atoms. The summed E-state index contributed by atoms with van der Waals surface area (Å²) >= 11 is 5.90. The Hall–Kier alpha value is -3.51. The van der Waals surface area contributed by atoms with Gasteiger partial charge in [-0.1, -0.05) is 54.1 Å². The molecule has 0 fully saturated rings.